The van der Waals surface area contributed by atoms with Gasteiger partial charge in [0.15, 0.2) is 0 Å². The van der Waals surface area contributed by atoms with Crippen LogP contribution in [0.5, 0.6) is 0 Å². The standard InChI is InChI=1S/C18H23N/c1-15(2)17-11-6-12-18(14-17)19-13-7-10-16-8-4-3-5-9-16/h3-6,8-9,11-12,14-15,19H,7,10,13H2,1-2H3. The highest BCUT2D eigenvalue weighted by Gasteiger charge is 1.99. The molecule has 0 aliphatic rings. The van der Waals surface area contributed by atoms with E-state index in [2.05, 4.69) is 73.8 Å². The molecule has 0 radical (unpaired) electrons. The molecule has 100 valence electrons. The predicted molar refractivity (Wildman–Crippen MR) is 83.8 cm³/mol. The van der Waals surface area contributed by atoms with Crippen LogP contribution in [0.4, 0.5) is 5.69 Å². The summed E-state index contributed by atoms with van der Waals surface area (Å²) in [6.45, 7) is 5.49. The first-order valence-corrected chi connectivity index (χ1v) is 7.13. The van der Waals surface area contributed by atoms with Crippen LogP contribution in [-0.2, 0) is 6.42 Å². The Bertz CT molecular complexity index is 488. The Morgan fingerprint density at radius 1 is 0.947 bits per heavy atom. The normalized spacial score (nSPS) is 10.7. The van der Waals surface area contributed by atoms with E-state index in [1.165, 1.54) is 16.8 Å². The van der Waals surface area contributed by atoms with Crippen LogP contribution in [-0.4, -0.2) is 6.54 Å². The van der Waals surface area contributed by atoms with Crippen molar-refractivity contribution >= 4 is 5.69 Å². The molecule has 1 heteroatoms. The smallest absolute Gasteiger partial charge is 0.0343 e. The summed E-state index contributed by atoms with van der Waals surface area (Å²) in [4.78, 5) is 0. The van der Waals surface area contributed by atoms with Crippen LogP contribution in [0.2, 0.25) is 0 Å². The first kappa shape index (κ1) is 13.7. The molecule has 0 atom stereocenters. The third-order valence-electron chi connectivity index (χ3n) is 3.37. The largest absolute Gasteiger partial charge is 0.385 e. The number of benzene rings is 2. The van der Waals surface area contributed by atoms with Crippen molar-refractivity contribution in [3.05, 3.63) is 65.7 Å². The minimum absolute atomic E-state index is 0.589. The van der Waals surface area contributed by atoms with Gasteiger partial charge in [0.05, 0.1) is 0 Å². The molecule has 0 spiro atoms. The van der Waals surface area contributed by atoms with Gasteiger partial charge in [-0.1, -0.05) is 56.3 Å². The number of hydrogen-bond donors (Lipinski definition) is 1. The SMILES string of the molecule is CC(C)c1cccc(NCCCc2ccccc2)c1. The summed E-state index contributed by atoms with van der Waals surface area (Å²) in [5, 5.41) is 3.51. The minimum atomic E-state index is 0.589. The quantitative estimate of drug-likeness (QED) is 0.725. The van der Waals surface area contributed by atoms with Gasteiger partial charge >= 0.3 is 0 Å². The summed E-state index contributed by atoms with van der Waals surface area (Å²) >= 11 is 0. The van der Waals surface area contributed by atoms with E-state index in [9.17, 15) is 0 Å². The molecule has 2 aromatic rings. The molecule has 2 rings (SSSR count). The van der Waals surface area contributed by atoms with Crippen molar-refractivity contribution in [1.29, 1.82) is 0 Å². The Balaban J connectivity index is 1.78. The van der Waals surface area contributed by atoms with Gasteiger partial charge in [0.25, 0.3) is 0 Å². The summed E-state index contributed by atoms with van der Waals surface area (Å²) in [5.41, 5.74) is 4.05. The second-order valence-electron chi connectivity index (χ2n) is 5.30. The molecule has 0 aromatic heterocycles. The average Bonchev–Trinajstić information content (AvgIpc) is 2.45. The number of hydrogen-bond acceptors (Lipinski definition) is 1. The lowest BCUT2D eigenvalue weighted by atomic mass is 10.0. The van der Waals surface area contributed by atoms with Gasteiger partial charge in [0, 0.05) is 12.2 Å². The van der Waals surface area contributed by atoms with E-state index in [1.54, 1.807) is 0 Å². The fourth-order valence-electron chi connectivity index (χ4n) is 2.18. The second-order valence-corrected chi connectivity index (χ2v) is 5.30. The zero-order chi connectivity index (χ0) is 13.5. The number of rotatable bonds is 6. The van der Waals surface area contributed by atoms with Crippen LogP contribution in [0.25, 0.3) is 0 Å². The molecule has 0 heterocycles. The van der Waals surface area contributed by atoms with Gasteiger partial charge in [-0.25, -0.2) is 0 Å². The molecular formula is C18H23N. The monoisotopic (exact) mass is 253 g/mol. The van der Waals surface area contributed by atoms with Crippen molar-refractivity contribution in [2.24, 2.45) is 0 Å². The maximum absolute atomic E-state index is 3.51. The van der Waals surface area contributed by atoms with Gasteiger partial charge in [0.2, 0.25) is 0 Å². The van der Waals surface area contributed by atoms with Crippen molar-refractivity contribution in [2.75, 3.05) is 11.9 Å². The lowest BCUT2D eigenvalue weighted by molar-refractivity contribution is 0.855. The van der Waals surface area contributed by atoms with Crippen LogP contribution in [0.1, 0.15) is 37.3 Å². The van der Waals surface area contributed by atoms with Crippen molar-refractivity contribution in [1.82, 2.24) is 0 Å². The molecule has 2 aromatic carbocycles. The zero-order valence-electron chi connectivity index (χ0n) is 11.9. The molecule has 0 fully saturated rings. The third kappa shape index (κ3) is 4.44. The molecule has 1 N–H and O–H groups in total. The molecule has 19 heavy (non-hydrogen) atoms. The number of nitrogens with one attached hydrogen (secondary N) is 1. The highest BCUT2D eigenvalue weighted by molar-refractivity contribution is 5.46. The molecule has 1 nitrogen and oxygen atoms in total. The van der Waals surface area contributed by atoms with Crippen LogP contribution < -0.4 is 5.32 Å². The lowest BCUT2D eigenvalue weighted by Crippen LogP contribution is -2.03. The van der Waals surface area contributed by atoms with Gasteiger partial charge in [-0.2, -0.15) is 0 Å². The molecule has 0 saturated heterocycles. The van der Waals surface area contributed by atoms with Crippen molar-refractivity contribution in [3.8, 4) is 0 Å². The summed E-state index contributed by atoms with van der Waals surface area (Å²) in [5.74, 6) is 0.589. The Morgan fingerprint density at radius 2 is 1.74 bits per heavy atom. The summed E-state index contributed by atoms with van der Waals surface area (Å²) in [6.07, 6.45) is 2.30. The Kier molecular flexibility index (Phi) is 5.02. The third-order valence-corrected chi connectivity index (χ3v) is 3.37. The summed E-state index contributed by atoms with van der Waals surface area (Å²) in [7, 11) is 0. The molecule has 0 bridgehead atoms. The predicted octanol–water partition coefficient (Wildman–Crippen LogP) is 4.85. The van der Waals surface area contributed by atoms with E-state index in [0.717, 1.165) is 19.4 Å². The van der Waals surface area contributed by atoms with E-state index in [-0.39, 0.29) is 0 Å². The number of aryl methyl sites for hydroxylation is 1. The maximum Gasteiger partial charge on any atom is 0.0343 e. The van der Waals surface area contributed by atoms with Crippen LogP contribution in [0.15, 0.2) is 54.6 Å². The first-order chi connectivity index (χ1) is 9.25. The average molecular weight is 253 g/mol. The van der Waals surface area contributed by atoms with Gasteiger partial charge < -0.3 is 5.32 Å². The van der Waals surface area contributed by atoms with E-state index >= 15 is 0 Å². The Hall–Kier alpha value is -1.76. The molecule has 0 aliphatic heterocycles. The van der Waals surface area contributed by atoms with Crippen LogP contribution >= 0.6 is 0 Å². The Labute approximate surface area is 116 Å². The lowest BCUT2D eigenvalue weighted by Gasteiger charge is -2.10. The van der Waals surface area contributed by atoms with Crippen molar-refractivity contribution in [2.45, 2.75) is 32.6 Å². The van der Waals surface area contributed by atoms with Crippen LogP contribution in [0.3, 0.4) is 0 Å². The fourth-order valence-corrected chi connectivity index (χ4v) is 2.18. The second kappa shape index (κ2) is 6.98. The van der Waals surface area contributed by atoms with Crippen LogP contribution in [0, 0.1) is 0 Å². The first-order valence-electron chi connectivity index (χ1n) is 7.13. The van der Waals surface area contributed by atoms with Gasteiger partial charge in [-0.05, 0) is 42.0 Å². The fraction of sp³-hybridized carbons (Fsp3) is 0.333. The molecule has 0 saturated carbocycles. The van der Waals surface area contributed by atoms with E-state index in [1.807, 2.05) is 0 Å². The van der Waals surface area contributed by atoms with Crippen molar-refractivity contribution < 1.29 is 0 Å². The zero-order valence-corrected chi connectivity index (χ0v) is 11.9. The Morgan fingerprint density at radius 3 is 2.47 bits per heavy atom. The van der Waals surface area contributed by atoms with Gasteiger partial charge in [-0.3, -0.25) is 0 Å². The van der Waals surface area contributed by atoms with E-state index in [0.29, 0.717) is 5.92 Å². The summed E-state index contributed by atoms with van der Waals surface area (Å²) < 4.78 is 0. The highest BCUT2D eigenvalue weighted by atomic mass is 14.9. The summed E-state index contributed by atoms with van der Waals surface area (Å²) in [6, 6.07) is 19.4. The molecule has 0 unspecified atom stereocenters. The van der Waals surface area contributed by atoms with E-state index in [4.69, 9.17) is 0 Å². The van der Waals surface area contributed by atoms with Gasteiger partial charge in [0.1, 0.15) is 0 Å². The van der Waals surface area contributed by atoms with Gasteiger partial charge in [-0.15, -0.1) is 0 Å². The molecular weight excluding hydrogens is 230 g/mol. The van der Waals surface area contributed by atoms with E-state index < -0.39 is 0 Å². The topological polar surface area (TPSA) is 12.0 Å². The molecule has 0 amide bonds. The molecule has 0 aliphatic carbocycles. The highest BCUT2D eigenvalue weighted by Crippen LogP contribution is 2.18. The number of anilines is 1. The minimum Gasteiger partial charge on any atom is -0.385 e. The van der Waals surface area contributed by atoms with Crippen molar-refractivity contribution in [3.63, 3.8) is 0 Å². The maximum atomic E-state index is 3.51.